The Bertz CT molecular complexity index is 894. The van der Waals surface area contributed by atoms with Crippen molar-refractivity contribution in [3.63, 3.8) is 0 Å². The van der Waals surface area contributed by atoms with Crippen LogP contribution < -0.4 is 9.47 Å². The van der Waals surface area contributed by atoms with Gasteiger partial charge in [-0.05, 0) is 65.4 Å². The van der Waals surface area contributed by atoms with Crippen LogP contribution in [-0.2, 0) is 6.42 Å². The summed E-state index contributed by atoms with van der Waals surface area (Å²) >= 11 is 0. The third-order valence-electron chi connectivity index (χ3n) is 4.96. The lowest BCUT2D eigenvalue weighted by molar-refractivity contribution is 0.0734. The lowest BCUT2D eigenvalue weighted by atomic mass is 9.96. The Kier molecular flexibility index (Phi) is 6.49. The summed E-state index contributed by atoms with van der Waals surface area (Å²) in [5.41, 5.74) is 4.10. The standard InChI is InChI=1S/C25H26O3/c1-4-18(2)17-19-5-7-20(8-6-19)21-9-11-22(12-10-21)25(26)28-24-15-13-23(27-3)14-16-24/h5-16,18H,4,17H2,1-3H3. The quantitative estimate of drug-likeness (QED) is 0.366. The van der Waals surface area contributed by atoms with Crippen molar-refractivity contribution in [2.75, 3.05) is 7.11 Å². The molecule has 0 N–H and O–H groups in total. The van der Waals surface area contributed by atoms with Crippen molar-refractivity contribution >= 4 is 5.97 Å². The van der Waals surface area contributed by atoms with Crippen LogP contribution >= 0.6 is 0 Å². The predicted molar refractivity (Wildman–Crippen MR) is 113 cm³/mol. The molecule has 3 aromatic rings. The molecule has 0 heterocycles. The summed E-state index contributed by atoms with van der Waals surface area (Å²) in [6.45, 7) is 4.50. The van der Waals surface area contributed by atoms with E-state index in [1.807, 2.05) is 12.1 Å². The van der Waals surface area contributed by atoms with Gasteiger partial charge in [-0.2, -0.15) is 0 Å². The first-order chi connectivity index (χ1) is 13.6. The van der Waals surface area contributed by atoms with E-state index in [-0.39, 0.29) is 5.97 Å². The normalized spacial score (nSPS) is 11.7. The molecule has 3 rings (SSSR count). The fraction of sp³-hybridized carbons (Fsp3) is 0.240. The summed E-state index contributed by atoms with van der Waals surface area (Å²) in [6.07, 6.45) is 2.29. The number of esters is 1. The van der Waals surface area contributed by atoms with Crippen molar-refractivity contribution in [3.05, 3.63) is 83.9 Å². The predicted octanol–water partition coefficient (Wildman–Crippen LogP) is 6.17. The summed E-state index contributed by atoms with van der Waals surface area (Å²) in [4.78, 5) is 12.3. The van der Waals surface area contributed by atoms with Crippen LogP contribution in [0.3, 0.4) is 0 Å². The van der Waals surface area contributed by atoms with Gasteiger partial charge in [0.15, 0.2) is 0 Å². The number of methoxy groups -OCH3 is 1. The first kappa shape index (κ1) is 19.7. The van der Waals surface area contributed by atoms with Crippen LogP contribution in [0.2, 0.25) is 0 Å². The number of hydrogen-bond donors (Lipinski definition) is 0. The Morgan fingerprint density at radius 1 is 0.821 bits per heavy atom. The molecule has 0 aliphatic heterocycles. The lowest BCUT2D eigenvalue weighted by Crippen LogP contribution is -2.08. The molecule has 3 heteroatoms. The molecule has 0 fully saturated rings. The molecule has 1 unspecified atom stereocenters. The summed E-state index contributed by atoms with van der Waals surface area (Å²) in [6, 6.07) is 23.1. The number of rotatable bonds is 7. The third-order valence-corrected chi connectivity index (χ3v) is 4.96. The number of benzene rings is 3. The molecule has 0 amide bonds. The van der Waals surface area contributed by atoms with E-state index < -0.39 is 0 Å². The second kappa shape index (κ2) is 9.23. The van der Waals surface area contributed by atoms with Gasteiger partial charge in [-0.3, -0.25) is 0 Å². The number of hydrogen-bond acceptors (Lipinski definition) is 3. The van der Waals surface area contributed by atoms with E-state index in [1.165, 1.54) is 12.0 Å². The summed E-state index contributed by atoms with van der Waals surface area (Å²) in [5.74, 6) is 1.54. The average Bonchev–Trinajstić information content (AvgIpc) is 2.75. The lowest BCUT2D eigenvalue weighted by Gasteiger charge is -2.10. The molecule has 1 atom stereocenters. The molecule has 0 radical (unpaired) electrons. The molecule has 0 aromatic heterocycles. The topological polar surface area (TPSA) is 35.5 Å². The second-order valence-corrected chi connectivity index (χ2v) is 7.06. The molecular formula is C25H26O3. The van der Waals surface area contributed by atoms with Crippen LogP contribution in [0.1, 0.15) is 36.2 Å². The molecule has 0 aliphatic rings. The van der Waals surface area contributed by atoms with Crippen LogP contribution in [0.4, 0.5) is 0 Å². The van der Waals surface area contributed by atoms with E-state index in [0.717, 1.165) is 23.3 Å². The van der Waals surface area contributed by atoms with Gasteiger partial charge < -0.3 is 9.47 Å². The molecule has 0 spiro atoms. The Hall–Kier alpha value is -3.07. The fourth-order valence-electron chi connectivity index (χ4n) is 2.99. The van der Waals surface area contributed by atoms with Gasteiger partial charge in [0.1, 0.15) is 11.5 Å². The van der Waals surface area contributed by atoms with Crippen LogP contribution in [0.5, 0.6) is 11.5 Å². The summed E-state index contributed by atoms with van der Waals surface area (Å²) in [5, 5.41) is 0. The number of ether oxygens (including phenoxy) is 2. The van der Waals surface area contributed by atoms with Gasteiger partial charge in [0.25, 0.3) is 0 Å². The molecule has 0 aliphatic carbocycles. The Balaban J connectivity index is 1.66. The minimum Gasteiger partial charge on any atom is -0.497 e. The Morgan fingerprint density at radius 3 is 1.89 bits per heavy atom. The molecule has 28 heavy (non-hydrogen) atoms. The first-order valence-electron chi connectivity index (χ1n) is 9.64. The minimum absolute atomic E-state index is 0.374. The van der Waals surface area contributed by atoms with Gasteiger partial charge in [-0.15, -0.1) is 0 Å². The highest BCUT2D eigenvalue weighted by molar-refractivity contribution is 5.91. The maximum absolute atomic E-state index is 12.3. The molecule has 3 aromatic carbocycles. The maximum atomic E-state index is 12.3. The molecule has 3 nitrogen and oxygen atoms in total. The van der Waals surface area contributed by atoms with Crippen molar-refractivity contribution in [1.29, 1.82) is 0 Å². The van der Waals surface area contributed by atoms with Crippen molar-refractivity contribution in [2.24, 2.45) is 5.92 Å². The van der Waals surface area contributed by atoms with Gasteiger partial charge in [-0.1, -0.05) is 56.7 Å². The second-order valence-electron chi connectivity index (χ2n) is 7.06. The Morgan fingerprint density at radius 2 is 1.36 bits per heavy atom. The largest absolute Gasteiger partial charge is 0.497 e. The highest BCUT2D eigenvalue weighted by Crippen LogP contribution is 2.23. The fourth-order valence-corrected chi connectivity index (χ4v) is 2.99. The number of carbonyl (C=O) groups is 1. The van der Waals surface area contributed by atoms with Crippen molar-refractivity contribution in [2.45, 2.75) is 26.7 Å². The maximum Gasteiger partial charge on any atom is 0.343 e. The van der Waals surface area contributed by atoms with E-state index in [9.17, 15) is 4.79 Å². The van der Waals surface area contributed by atoms with Crippen molar-refractivity contribution in [1.82, 2.24) is 0 Å². The van der Waals surface area contributed by atoms with E-state index >= 15 is 0 Å². The minimum atomic E-state index is -0.374. The zero-order valence-corrected chi connectivity index (χ0v) is 16.6. The van der Waals surface area contributed by atoms with Crippen LogP contribution in [-0.4, -0.2) is 13.1 Å². The van der Waals surface area contributed by atoms with Crippen LogP contribution in [0, 0.1) is 5.92 Å². The van der Waals surface area contributed by atoms with Gasteiger partial charge in [0.05, 0.1) is 12.7 Å². The van der Waals surface area contributed by atoms with E-state index in [0.29, 0.717) is 17.2 Å². The molecule has 144 valence electrons. The van der Waals surface area contributed by atoms with Gasteiger partial charge in [-0.25, -0.2) is 4.79 Å². The summed E-state index contributed by atoms with van der Waals surface area (Å²) < 4.78 is 10.5. The molecule has 0 saturated carbocycles. The highest BCUT2D eigenvalue weighted by Gasteiger charge is 2.09. The van der Waals surface area contributed by atoms with Crippen molar-refractivity contribution < 1.29 is 14.3 Å². The van der Waals surface area contributed by atoms with Gasteiger partial charge in [0.2, 0.25) is 0 Å². The molecule has 0 bridgehead atoms. The summed E-state index contributed by atoms with van der Waals surface area (Å²) in [7, 11) is 1.60. The molecular weight excluding hydrogens is 348 g/mol. The van der Waals surface area contributed by atoms with Gasteiger partial charge in [0, 0.05) is 0 Å². The van der Waals surface area contributed by atoms with Crippen LogP contribution in [0.25, 0.3) is 11.1 Å². The average molecular weight is 374 g/mol. The van der Waals surface area contributed by atoms with E-state index in [4.69, 9.17) is 9.47 Å². The number of carbonyl (C=O) groups excluding carboxylic acids is 1. The first-order valence-corrected chi connectivity index (χ1v) is 9.64. The van der Waals surface area contributed by atoms with E-state index in [2.05, 4.69) is 38.1 Å². The zero-order valence-electron chi connectivity index (χ0n) is 16.6. The third kappa shape index (κ3) is 5.01. The monoisotopic (exact) mass is 374 g/mol. The Labute approximate surface area is 166 Å². The zero-order chi connectivity index (χ0) is 19.9. The van der Waals surface area contributed by atoms with Gasteiger partial charge >= 0.3 is 5.97 Å². The SMILES string of the molecule is CCC(C)Cc1ccc(-c2ccc(C(=O)Oc3ccc(OC)cc3)cc2)cc1. The van der Waals surface area contributed by atoms with Crippen LogP contribution in [0.15, 0.2) is 72.8 Å². The highest BCUT2D eigenvalue weighted by atomic mass is 16.5. The van der Waals surface area contributed by atoms with E-state index in [1.54, 1.807) is 43.5 Å². The molecule has 0 saturated heterocycles. The smallest absolute Gasteiger partial charge is 0.343 e. The van der Waals surface area contributed by atoms with Crippen molar-refractivity contribution in [3.8, 4) is 22.6 Å².